The first-order valence-electron chi connectivity index (χ1n) is 8.05. The highest BCUT2D eigenvalue weighted by Gasteiger charge is 2.57. The number of carboxylic acid groups (broad SMARTS) is 1. The van der Waals surface area contributed by atoms with Crippen LogP contribution in [0, 0.1) is 24.7 Å². The quantitative estimate of drug-likeness (QED) is 0.920. The van der Waals surface area contributed by atoms with Crippen molar-refractivity contribution in [3.63, 3.8) is 0 Å². The van der Waals surface area contributed by atoms with E-state index in [1.165, 1.54) is 0 Å². The Morgan fingerprint density at radius 3 is 2.96 bits per heavy atom. The van der Waals surface area contributed by atoms with Crippen LogP contribution in [-0.4, -0.2) is 40.0 Å². The Morgan fingerprint density at radius 2 is 2.25 bits per heavy atom. The Morgan fingerprint density at radius 1 is 1.42 bits per heavy atom. The summed E-state index contributed by atoms with van der Waals surface area (Å²) in [6.07, 6.45) is 2.46. The fourth-order valence-corrected chi connectivity index (χ4v) is 3.68. The number of hydrogen-bond donors (Lipinski definition) is 1. The van der Waals surface area contributed by atoms with Gasteiger partial charge in [-0.3, -0.25) is 9.59 Å². The zero-order chi connectivity index (χ0) is 16.8. The molecule has 1 aliphatic carbocycles. The summed E-state index contributed by atoms with van der Waals surface area (Å²) < 4.78 is 10.8. The molecule has 1 saturated carbocycles. The fourth-order valence-electron chi connectivity index (χ4n) is 3.68. The maximum absolute atomic E-state index is 12.5. The molecule has 1 saturated heterocycles. The molecule has 126 valence electrons. The van der Waals surface area contributed by atoms with Crippen molar-refractivity contribution < 1.29 is 23.5 Å². The number of aliphatic carboxylic acids is 1. The second-order valence-corrected chi connectivity index (χ2v) is 6.50. The molecule has 2 aromatic heterocycles. The zero-order valence-electron chi connectivity index (χ0n) is 13.3. The number of rotatable bonds is 4. The number of aryl methyl sites for hydroxylation is 1. The van der Waals surface area contributed by atoms with Crippen molar-refractivity contribution in [2.45, 2.75) is 19.8 Å². The van der Waals surface area contributed by atoms with Crippen molar-refractivity contribution in [2.24, 2.45) is 17.8 Å². The summed E-state index contributed by atoms with van der Waals surface area (Å²) in [7, 11) is 0. The Hall–Kier alpha value is -2.57. The molecule has 0 unspecified atom stereocenters. The molecule has 4 rings (SSSR count). The molecule has 24 heavy (non-hydrogen) atoms. The van der Waals surface area contributed by atoms with E-state index in [1.54, 1.807) is 30.2 Å². The molecular formula is C17H18N2O5. The first-order valence-corrected chi connectivity index (χ1v) is 8.05. The molecule has 3 heterocycles. The molecule has 7 nitrogen and oxygen atoms in total. The van der Waals surface area contributed by atoms with E-state index in [4.69, 9.17) is 13.9 Å². The topological polar surface area (TPSA) is 96.8 Å². The molecular weight excluding hydrogens is 312 g/mol. The molecule has 1 N–H and O–H groups in total. The summed E-state index contributed by atoms with van der Waals surface area (Å²) in [6, 6.07) is 3.50. The van der Waals surface area contributed by atoms with Gasteiger partial charge in [-0.2, -0.15) is 0 Å². The molecule has 0 spiro atoms. The van der Waals surface area contributed by atoms with Crippen LogP contribution in [0.5, 0.6) is 0 Å². The van der Waals surface area contributed by atoms with Crippen LogP contribution in [0.3, 0.4) is 0 Å². The van der Waals surface area contributed by atoms with Gasteiger partial charge in [0, 0.05) is 13.1 Å². The Balaban J connectivity index is 1.43. The van der Waals surface area contributed by atoms with Crippen LogP contribution in [-0.2, 0) is 16.0 Å². The number of aromatic nitrogens is 1. The van der Waals surface area contributed by atoms with E-state index < -0.39 is 5.97 Å². The van der Waals surface area contributed by atoms with Gasteiger partial charge in [0.05, 0.1) is 24.3 Å². The van der Waals surface area contributed by atoms with E-state index in [9.17, 15) is 9.59 Å². The number of furan rings is 1. The summed E-state index contributed by atoms with van der Waals surface area (Å²) in [5.41, 5.74) is 0.596. The average Bonchev–Trinajstić information content (AvgIpc) is 2.86. The van der Waals surface area contributed by atoms with Crippen LogP contribution in [0.15, 0.2) is 27.2 Å². The lowest BCUT2D eigenvalue weighted by Gasteiger charge is -2.26. The highest BCUT2D eigenvalue weighted by atomic mass is 16.4. The lowest BCUT2D eigenvalue weighted by molar-refractivity contribution is -0.139. The van der Waals surface area contributed by atoms with Gasteiger partial charge in [0.15, 0.2) is 5.76 Å². The molecule has 2 aliphatic rings. The van der Waals surface area contributed by atoms with Gasteiger partial charge in [0.25, 0.3) is 5.89 Å². The third-order valence-corrected chi connectivity index (χ3v) is 5.08. The maximum atomic E-state index is 12.5. The number of carboxylic acids is 1. The van der Waals surface area contributed by atoms with Crippen molar-refractivity contribution in [3.8, 4) is 11.7 Å². The minimum Gasteiger partial charge on any atom is -0.481 e. The second-order valence-electron chi connectivity index (χ2n) is 6.50. The van der Waals surface area contributed by atoms with Crippen molar-refractivity contribution in [3.05, 3.63) is 29.9 Å². The Labute approximate surface area is 138 Å². The Kier molecular flexibility index (Phi) is 3.44. The largest absolute Gasteiger partial charge is 0.481 e. The number of carbonyl (C=O) groups is 2. The molecule has 2 fully saturated rings. The van der Waals surface area contributed by atoms with Crippen molar-refractivity contribution in [1.29, 1.82) is 0 Å². The van der Waals surface area contributed by atoms with Crippen LogP contribution in [0.25, 0.3) is 11.7 Å². The number of carbonyl (C=O) groups excluding carboxylic acids is 1. The minimum atomic E-state index is -0.741. The number of hydrogen-bond acceptors (Lipinski definition) is 5. The number of oxazole rings is 1. The van der Waals surface area contributed by atoms with E-state index in [2.05, 4.69) is 4.98 Å². The standard InChI is InChI=1S/C17H18N2O5/c1-9-12(18-16(24-9)13-3-2-6-23-13)7-14(20)19-5-4-10-11(8-19)15(10)17(21)22/h2-3,6,10-11,15H,4-5,7-8H2,1H3,(H,21,22)/t10-,11+,15-/m0/s1. The minimum absolute atomic E-state index is 0.0353. The van der Waals surface area contributed by atoms with Crippen LogP contribution >= 0.6 is 0 Å². The maximum Gasteiger partial charge on any atom is 0.307 e. The SMILES string of the molecule is Cc1oc(-c2ccco2)nc1CC(=O)N1CC[C@H]2[C@@H](C1)[C@H]2C(=O)O. The number of nitrogens with zero attached hydrogens (tertiary/aromatic N) is 2. The van der Waals surface area contributed by atoms with E-state index in [-0.39, 0.29) is 30.1 Å². The smallest absolute Gasteiger partial charge is 0.307 e. The summed E-state index contributed by atoms with van der Waals surface area (Å²) in [4.78, 5) is 29.8. The number of amides is 1. The molecule has 1 aliphatic heterocycles. The van der Waals surface area contributed by atoms with E-state index in [1.807, 2.05) is 0 Å². The van der Waals surface area contributed by atoms with Gasteiger partial charge >= 0.3 is 5.97 Å². The number of fused-ring (bicyclic) bond motifs is 1. The fraction of sp³-hybridized carbons (Fsp3) is 0.471. The van der Waals surface area contributed by atoms with E-state index >= 15 is 0 Å². The van der Waals surface area contributed by atoms with Gasteiger partial charge in [-0.25, -0.2) is 4.98 Å². The van der Waals surface area contributed by atoms with Gasteiger partial charge in [0.2, 0.25) is 5.91 Å². The van der Waals surface area contributed by atoms with Crippen molar-refractivity contribution in [1.82, 2.24) is 9.88 Å². The molecule has 2 aromatic rings. The third kappa shape index (κ3) is 2.50. The molecule has 0 radical (unpaired) electrons. The van der Waals surface area contributed by atoms with Crippen LogP contribution in [0.2, 0.25) is 0 Å². The van der Waals surface area contributed by atoms with Gasteiger partial charge in [-0.1, -0.05) is 0 Å². The van der Waals surface area contributed by atoms with Crippen molar-refractivity contribution in [2.75, 3.05) is 13.1 Å². The summed E-state index contributed by atoms with van der Waals surface area (Å²) in [5, 5.41) is 9.14. The van der Waals surface area contributed by atoms with Crippen molar-refractivity contribution >= 4 is 11.9 Å². The first kappa shape index (κ1) is 15.0. The summed E-state index contributed by atoms with van der Waals surface area (Å²) in [6.45, 7) is 2.92. The highest BCUT2D eigenvalue weighted by molar-refractivity contribution is 5.80. The van der Waals surface area contributed by atoms with E-state index in [0.717, 1.165) is 6.42 Å². The second kappa shape index (κ2) is 5.51. The van der Waals surface area contributed by atoms with Crippen LogP contribution in [0.4, 0.5) is 0 Å². The monoisotopic (exact) mass is 330 g/mol. The normalized spacial score (nSPS) is 25.4. The van der Waals surface area contributed by atoms with Gasteiger partial charge in [-0.15, -0.1) is 0 Å². The molecule has 7 heteroatoms. The predicted molar refractivity (Wildman–Crippen MR) is 81.9 cm³/mol. The van der Waals surface area contributed by atoms with Gasteiger partial charge in [0.1, 0.15) is 5.76 Å². The van der Waals surface area contributed by atoms with Crippen LogP contribution < -0.4 is 0 Å². The molecule has 1 amide bonds. The zero-order valence-corrected chi connectivity index (χ0v) is 13.3. The lowest BCUT2D eigenvalue weighted by Crippen LogP contribution is -2.38. The lowest BCUT2D eigenvalue weighted by atomic mass is 10.1. The molecule has 0 aromatic carbocycles. The molecule has 3 atom stereocenters. The predicted octanol–water partition coefficient (Wildman–Crippen LogP) is 1.96. The number of likely N-dealkylation sites (tertiary alicyclic amines) is 1. The van der Waals surface area contributed by atoms with Gasteiger partial charge < -0.3 is 18.8 Å². The summed E-state index contributed by atoms with van der Waals surface area (Å²) in [5.74, 6) is 0.790. The van der Waals surface area contributed by atoms with Crippen LogP contribution in [0.1, 0.15) is 17.9 Å². The van der Waals surface area contributed by atoms with Gasteiger partial charge in [-0.05, 0) is 37.3 Å². The Bertz CT molecular complexity index is 779. The third-order valence-electron chi connectivity index (χ3n) is 5.08. The number of piperidine rings is 1. The molecule has 0 bridgehead atoms. The first-order chi connectivity index (χ1) is 11.5. The summed E-state index contributed by atoms with van der Waals surface area (Å²) >= 11 is 0. The average molecular weight is 330 g/mol. The highest BCUT2D eigenvalue weighted by Crippen LogP contribution is 2.51. The van der Waals surface area contributed by atoms with E-state index in [0.29, 0.717) is 36.2 Å².